The van der Waals surface area contributed by atoms with Crippen LogP contribution >= 0.6 is 0 Å². The molecule has 136 valence electrons. The number of rotatable bonds is 6. The Morgan fingerprint density at radius 1 is 1.40 bits per heavy atom. The topological polar surface area (TPSA) is 61.4 Å². The third-order valence-electron chi connectivity index (χ3n) is 4.83. The zero-order valence-corrected chi connectivity index (χ0v) is 14.9. The lowest BCUT2D eigenvalue weighted by Gasteiger charge is -2.41. The highest BCUT2D eigenvalue weighted by molar-refractivity contribution is 5.20. The number of aryl methyl sites for hydroxylation is 2. The molecule has 1 saturated heterocycles. The van der Waals surface area contributed by atoms with Crippen LogP contribution < -0.4 is 0 Å². The number of ether oxygens (including phenoxy) is 1. The number of hydrogen-bond donors (Lipinski definition) is 2. The number of benzene rings is 1. The molecule has 0 amide bonds. The Hall–Kier alpha value is -1.76. The van der Waals surface area contributed by atoms with Gasteiger partial charge in [0.2, 0.25) is 0 Å². The van der Waals surface area contributed by atoms with Gasteiger partial charge in [-0.05, 0) is 18.6 Å². The van der Waals surface area contributed by atoms with E-state index in [1.54, 1.807) is 12.1 Å². The highest BCUT2D eigenvalue weighted by Gasteiger charge is 2.37. The Balaban J connectivity index is 1.73. The lowest BCUT2D eigenvalue weighted by Crippen LogP contribution is -2.55. The van der Waals surface area contributed by atoms with Crippen molar-refractivity contribution in [1.82, 2.24) is 14.9 Å². The molecule has 0 aliphatic carbocycles. The Morgan fingerprint density at radius 3 is 2.88 bits per heavy atom. The first-order valence-corrected chi connectivity index (χ1v) is 8.80. The van der Waals surface area contributed by atoms with Crippen LogP contribution in [-0.2, 0) is 24.1 Å². The van der Waals surface area contributed by atoms with Gasteiger partial charge < -0.3 is 14.8 Å². The van der Waals surface area contributed by atoms with Crippen molar-refractivity contribution in [3.05, 3.63) is 52.9 Å². The summed E-state index contributed by atoms with van der Waals surface area (Å²) in [7, 11) is 0. The van der Waals surface area contributed by atoms with Crippen molar-refractivity contribution >= 4 is 0 Å². The summed E-state index contributed by atoms with van der Waals surface area (Å²) in [6, 6.07) is 6.67. The predicted molar refractivity (Wildman–Crippen MR) is 93.9 cm³/mol. The van der Waals surface area contributed by atoms with Gasteiger partial charge in [0.25, 0.3) is 0 Å². The van der Waals surface area contributed by atoms with E-state index in [0.29, 0.717) is 31.7 Å². The van der Waals surface area contributed by atoms with Gasteiger partial charge in [0.15, 0.2) is 0 Å². The number of aliphatic hydroxyl groups is 1. The molecule has 1 fully saturated rings. The molecule has 2 N–H and O–H groups in total. The van der Waals surface area contributed by atoms with Gasteiger partial charge >= 0.3 is 0 Å². The number of nitrogens with zero attached hydrogens (tertiary/aromatic N) is 2. The fourth-order valence-corrected chi connectivity index (χ4v) is 3.40. The first kappa shape index (κ1) is 18.0. The van der Waals surface area contributed by atoms with Gasteiger partial charge in [-0.2, -0.15) is 0 Å². The van der Waals surface area contributed by atoms with Crippen molar-refractivity contribution in [1.29, 1.82) is 0 Å². The highest BCUT2D eigenvalue weighted by Crippen LogP contribution is 2.25. The maximum absolute atomic E-state index is 14.0. The van der Waals surface area contributed by atoms with Crippen LogP contribution in [0.25, 0.3) is 0 Å². The molecule has 1 aromatic carbocycles. The molecule has 1 atom stereocenters. The van der Waals surface area contributed by atoms with Gasteiger partial charge in [0.05, 0.1) is 18.9 Å². The summed E-state index contributed by atoms with van der Waals surface area (Å²) >= 11 is 0. The standard InChI is InChI=1S/C19H26FN3O2/c1-3-18-21-14(2)17(22-18)11-23-8-9-25-19(12-23,13-24)10-15-6-4-5-7-16(15)20/h4-7,24H,3,8-13H2,1-2H3,(H,21,22)/t19-/m1/s1. The Kier molecular flexibility index (Phi) is 5.51. The number of hydrogen-bond acceptors (Lipinski definition) is 4. The molecule has 0 radical (unpaired) electrons. The van der Waals surface area contributed by atoms with Crippen molar-refractivity contribution in [2.75, 3.05) is 26.3 Å². The number of halogens is 1. The summed E-state index contributed by atoms with van der Waals surface area (Å²) in [5, 5.41) is 9.98. The van der Waals surface area contributed by atoms with Crippen LogP contribution in [0.5, 0.6) is 0 Å². The number of aliphatic hydroxyl groups excluding tert-OH is 1. The van der Waals surface area contributed by atoms with Crippen LogP contribution in [0, 0.1) is 12.7 Å². The zero-order chi connectivity index (χ0) is 17.9. The van der Waals surface area contributed by atoms with E-state index >= 15 is 0 Å². The van der Waals surface area contributed by atoms with E-state index in [4.69, 9.17) is 4.74 Å². The molecule has 0 saturated carbocycles. The molecule has 0 spiro atoms. The number of nitrogens with one attached hydrogen (secondary N) is 1. The molecule has 2 heterocycles. The van der Waals surface area contributed by atoms with E-state index in [1.807, 2.05) is 13.0 Å². The third kappa shape index (κ3) is 4.08. The fourth-order valence-electron chi connectivity index (χ4n) is 3.40. The maximum atomic E-state index is 14.0. The van der Waals surface area contributed by atoms with Crippen LogP contribution in [0.1, 0.15) is 29.7 Å². The van der Waals surface area contributed by atoms with Gasteiger partial charge in [-0.15, -0.1) is 0 Å². The quantitative estimate of drug-likeness (QED) is 0.841. The molecule has 0 bridgehead atoms. The minimum Gasteiger partial charge on any atom is -0.393 e. The van der Waals surface area contributed by atoms with E-state index in [-0.39, 0.29) is 12.4 Å². The Bertz CT molecular complexity index is 718. The summed E-state index contributed by atoms with van der Waals surface area (Å²) < 4.78 is 19.9. The lowest BCUT2D eigenvalue weighted by molar-refractivity contribution is -0.134. The first-order valence-electron chi connectivity index (χ1n) is 8.80. The number of morpholine rings is 1. The van der Waals surface area contributed by atoms with Crippen molar-refractivity contribution < 1.29 is 14.2 Å². The zero-order valence-electron chi connectivity index (χ0n) is 14.9. The SMILES string of the molecule is CCc1nc(CN2CCO[C@](CO)(Cc3ccccc3F)C2)c(C)[nH]1. The largest absolute Gasteiger partial charge is 0.393 e. The van der Waals surface area contributed by atoms with Gasteiger partial charge in [-0.3, -0.25) is 4.90 Å². The van der Waals surface area contributed by atoms with E-state index in [9.17, 15) is 9.50 Å². The van der Waals surface area contributed by atoms with E-state index in [2.05, 4.69) is 21.8 Å². The molecule has 1 aliphatic rings. The predicted octanol–water partition coefficient (Wildman–Crippen LogP) is 2.23. The van der Waals surface area contributed by atoms with Gasteiger partial charge in [0, 0.05) is 38.2 Å². The van der Waals surface area contributed by atoms with Crippen molar-refractivity contribution in [2.24, 2.45) is 0 Å². The Labute approximate surface area is 147 Å². The van der Waals surface area contributed by atoms with Crippen LogP contribution in [0.2, 0.25) is 0 Å². The van der Waals surface area contributed by atoms with Crippen molar-refractivity contribution in [3.8, 4) is 0 Å². The molecule has 6 heteroatoms. The average molecular weight is 347 g/mol. The summed E-state index contributed by atoms with van der Waals surface area (Å²) in [5.41, 5.74) is 1.89. The molecular weight excluding hydrogens is 321 g/mol. The number of imidazole rings is 1. The van der Waals surface area contributed by atoms with Crippen molar-refractivity contribution in [3.63, 3.8) is 0 Å². The van der Waals surface area contributed by atoms with Crippen LogP contribution in [0.15, 0.2) is 24.3 Å². The summed E-state index contributed by atoms with van der Waals surface area (Å²) in [6.45, 7) is 6.49. The van der Waals surface area contributed by atoms with Crippen LogP contribution in [0.3, 0.4) is 0 Å². The Morgan fingerprint density at radius 2 is 2.20 bits per heavy atom. The van der Waals surface area contributed by atoms with Gasteiger partial charge in [-0.25, -0.2) is 9.37 Å². The number of H-pyrrole nitrogens is 1. The van der Waals surface area contributed by atoms with Crippen LogP contribution in [-0.4, -0.2) is 51.9 Å². The molecule has 3 rings (SSSR count). The molecule has 0 unspecified atom stereocenters. The maximum Gasteiger partial charge on any atom is 0.126 e. The summed E-state index contributed by atoms with van der Waals surface area (Å²) in [6.07, 6.45) is 1.23. The minimum absolute atomic E-state index is 0.141. The third-order valence-corrected chi connectivity index (χ3v) is 4.83. The van der Waals surface area contributed by atoms with Crippen molar-refractivity contribution in [2.45, 2.75) is 38.8 Å². The smallest absolute Gasteiger partial charge is 0.126 e. The monoisotopic (exact) mass is 347 g/mol. The second-order valence-electron chi connectivity index (χ2n) is 6.78. The second-order valence-corrected chi connectivity index (χ2v) is 6.78. The van der Waals surface area contributed by atoms with E-state index in [1.165, 1.54) is 6.07 Å². The summed E-state index contributed by atoms with van der Waals surface area (Å²) in [5.74, 6) is 0.729. The molecule has 1 aromatic heterocycles. The highest BCUT2D eigenvalue weighted by atomic mass is 19.1. The molecule has 1 aliphatic heterocycles. The van der Waals surface area contributed by atoms with Gasteiger partial charge in [-0.1, -0.05) is 25.1 Å². The van der Waals surface area contributed by atoms with Gasteiger partial charge in [0.1, 0.15) is 17.2 Å². The molecule has 5 nitrogen and oxygen atoms in total. The minimum atomic E-state index is -0.780. The molecule has 25 heavy (non-hydrogen) atoms. The number of aromatic nitrogens is 2. The normalized spacial score (nSPS) is 21.6. The fraction of sp³-hybridized carbons (Fsp3) is 0.526. The summed E-state index contributed by atoms with van der Waals surface area (Å²) in [4.78, 5) is 10.2. The second kappa shape index (κ2) is 7.64. The molecular formula is C19H26FN3O2. The van der Waals surface area contributed by atoms with Crippen LogP contribution in [0.4, 0.5) is 4.39 Å². The number of aromatic amines is 1. The van der Waals surface area contributed by atoms with E-state index < -0.39 is 5.60 Å². The van der Waals surface area contributed by atoms with E-state index in [0.717, 1.165) is 30.2 Å². The first-order chi connectivity index (χ1) is 12.0. The lowest BCUT2D eigenvalue weighted by atomic mass is 9.92. The molecule has 2 aromatic rings. The average Bonchev–Trinajstić information content (AvgIpc) is 2.97.